The molecule has 0 saturated carbocycles. The number of nitrogens with one attached hydrogen (secondary N) is 1. The molecule has 0 bridgehead atoms. The molecule has 0 unspecified atom stereocenters. The Morgan fingerprint density at radius 1 is 1.08 bits per heavy atom. The normalized spacial score (nSPS) is 10.5. The number of anilines is 1. The van der Waals surface area contributed by atoms with Gasteiger partial charge in [-0.1, -0.05) is 41.6 Å². The standard InChI is InChI=1S/C20H18N2O2S2/c1-13-3-5-15(6-4-13)18-11-25-20(22-18)26-12-19(24)16-7-9-17(10-8-16)21-14(2)23/h3-11H,12H2,1-2H3,(H,21,23). The summed E-state index contributed by atoms with van der Waals surface area (Å²) in [4.78, 5) is 28.0. The fourth-order valence-corrected chi connectivity index (χ4v) is 4.06. The molecule has 2 aromatic carbocycles. The minimum Gasteiger partial charge on any atom is -0.326 e. The van der Waals surface area contributed by atoms with Crippen molar-refractivity contribution in [1.82, 2.24) is 4.98 Å². The molecule has 26 heavy (non-hydrogen) atoms. The Labute approximate surface area is 160 Å². The van der Waals surface area contributed by atoms with Crippen molar-refractivity contribution in [1.29, 1.82) is 0 Å². The van der Waals surface area contributed by atoms with E-state index in [2.05, 4.69) is 41.5 Å². The molecule has 0 saturated heterocycles. The summed E-state index contributed by atoms with van der Waals surface area (Å²) in [6.07, 6.45) is 0. The fraction of sp³-hybridized carbons (Fsp3) is 0.150. The van der Waals surface area contributed by atoms with E-state index in [1.807, 2.05) is 5.38 Å². The highest BCUT2D eigenvalue weighted by Crippen LogP contribution is 2.29. The first-order valence-corrected chi connectivity index (χ1v) is 9.94. The Hall–Kier alpha value is -2.44. The van der Waals surface area contributed by atoms with Crippen LogP contribution in [-0.2, 0) is 4.79 Å². The highest BCUT2D eigenvalue weighted by Gasteiger charge is 2.10. The highest BCUT2D eigenvalue weighted by molar-refractivity contribution is 8.01. The molecule has 4 nitrogen and oxygen atoms in total. The lowest BCUT2D eigenvalue weighted by Gasteiger charge is -2.03. The van der Waals surface area contributed by atoms with Gasteiger partial charge >= 0.3 is 0 Å². The Morgan fingerprint density at radius 3 is 2.42 bits per heavy atom. The van der Waals surface area contributed by atoms with Crippen LogP contribution in [0.4, 0.5) is 5.69 Å². The number of carbonyl (C=O) groups is 2. The summed E-state index contributed by atoms with van der Waals surface area (Å²) in [7, 11) is 0. The zero-order valence-electron chi connectivity index (χ0n) is 14.5. The van der Waals surface area contributed by atoms with Crippen LogP contribution in [0.2, 0.25) is 0 Å². The van der Waals surface area contributed by atoms with Gasteiger partial charge in [-0.3, -0.25) is 9.59 Å². The van der Waals surface area contributed by atoms with Crippen LogP contribution in [-0.4, -0.2) is 22.4 Å². The molecule has 132 valence electrons. The van der Waals surface area contributed by atoms with Gasteiger partial charge < -0.3 is 5.32 Å². The summed E-state index contributed by atoms with van der Waals surface area (Å²) >= 11 is 2.99. The number of aryl methyl sites for hydroxylation is 1. The van der Waals surface area contributed by atoms with Crippen molar-refractivity contribution >= 4 is 40.5 Å². The molecule has 1 heterocycles. The summed E-state index contributed by atoms with van der Waals surface area (Å²) in [5.41, 5.74) is 4.54. The second kappa shape index (κ2) is 8.29. The van der Waals surface area contributed by atoms with Crippen LogP contribution in [0, 0.1) is 6.92 Å². The lowest BCUT2D eigenvalue weighted by molar-refractivity contribution is -0.114. The van der Waals surface area contributed by atoms with Gasteiger partial charge in [0.2, 0.25) is 5.91 Å². The van der Waals surface area contributed by atoms with E-state index in [1.54, 1.807) is 35.6 Å². The van der Waals surface area contributed by atoms with Crippen molar-refractivity contribution in [3.05, 3.63) is 65.0 Å². The molecular weight excluding hydrogens is 364 g/mol. The molecule has 1 N–H and O–H groups in total. The summed E-state index contributed by atoms with van der Waals surface area (Å²) < 4.78 is 0.879. The number of amides is 1. The Kier molecular flexibility index (Phi) is 5.85. The monoisotopic (exact) mass is 382 g/mol. The van der Waals surface area contributed by atoms with Gasteiger partial charge in [0.25, 0.3) is 0 Å². The number of thioether (sulfide) groups is 1. The first kappa shape index (κ1) is 18.4. The van der Waals surface area contributed by atoms with Crippen LogP contribution in [0.1, 0.15) is 22.8 Å². The Balaban J connectivity index is 1.59. The van der Waals surface area contributed by atoms with E-state index in [0.29, 0.717) is 17.0 Å². The second-order valence-corrected chi connectivity index (χ2v) is 7.92. The largest absolute Gasteiger partial charge is 0.326 e. The highest BCUT2D eigenvalue weighted by atomic mass is 32.2. The van der Waals surface area contributed by atoms with Crippen LogP contribution in [0.25, 0.3) is 11.3 Å². The van der Waals surface area contributed by atoms with E-state index in [9.17, 15) is 9.59 Å². The topological polar surface area (TPSA) is 59.1 Å². The minimum absolute atomic E-state index is 0.0384. The zero-order chi connectivity index (χ0) is 18.5. The number of ketones is 1. The van der Waals surface area contributed by atoms with Gasteiger partial charge in [-0.15, -0.1) is 11.3 Å². The first-order chi connectivity index (χ1) is 12.5. The average Bonchev–Trinajstić information content (AvgIpc) is 3.09. The SMILES string of the molecule is CC(=O)Nc1ccc(C(=O)CSc2nc(-c3ccc(C)cc3)cs2)cc1. The molecule has 6 heteroatoms. The molecule has 0 aliphatic heterocycles. The second-order valence-electron chi connectivity index (χ2n) is 5.84. The predicted molar refractivity (Wildman–Crippen MR) is 108 cm³/mol. The van der Waals surface area contributed by atoms with Crippen LogP contribution in [0.5, 0.6) is 0 Å². The number of aromatic nitrogens is 1. The third-order valence-electron chi connectivity index (χ3n) is 3.68. The van der Waals surface area contributed by atoms with Crippen molar-refractivity contribution in [2.75, 3.05) is 11.1 Å². The molecule has 3 aromatic rings. The van der Waals surface area contributed by atoms with E-state index in [0.717, 1.165) is 15.6 Å². The predicted octanol–water partition coefficient (Wildman–Crippen LogP) is 5.05. The maximum absolute atomic E-state index is 12.3. The van der Waals surface area contributed by atoms with Crippen LogP contribution in [0.3, 0.4) is 0 Å². The van der Waals surface area contributed by atoms with Crippen molar-refractivity contribution < 1.29 is 9.59 Å². The van der Waals surface area contributed by atoms with Crippen molar-refractivity contribution in [2.24, 2.45) is 0 Å². The first-order valence-electron chi connectivity index (χ1n) is 8.07. The number of benzene rings is 2. The van der Waals surface area contributed by atoms with Crippen molar-refractivity contribution in [3.63, 3.8) is 0 Å². The van der Waals surface area contributed by atoms with Crippen LogP contribution in [0.15, 0.2) is 58.3 Å². The molecule has 0 aliphatic carbocycles. The molecular formula is C20H18N2O2S2. The van der Waals surface area contributed by atoms with E-state index >= 15 is 0 Å². The third-order valence-corrected chi connectivity index (χ3v) is 5.71. The summed E-state index contributed by atoms with van der Waals surface area (Å²) in [6.45, 7) is 3.51. The third kappa shape index (κ3) is 4.80. The molecule has 0 aliphatic rings. The molecule has 3 rings (SSSR count). The van der Waals surface area contributed by atoms with Crippen molar-refractivity contribution in [3.8, 4) is 11.3 Å². The number of Topliss-reactive ketones (excluding diaryl/α,β-unsaturated/α-hetero) is 1. The molecule has 0 fully saturated rings. The van der Waals surface area contributed by atoms with Gasteiger partial charge in [0, 0.05) is 29.1 Å². The van der Waals surface area contributed by atoms with Crippen LogP contribution < -0.4 is 5.32 Å². The minimum atomic E-state index is -0.132. The summed E-state index contributed by atoms with van der Waals surface area (Å²) in [6, 6.07) is 15.2. The van der Waals surface area contributed by atoms with E-state index in [-0.39, 0.29) is 11.7 Å². The van der Waals surface area contributed by atoms with Gasteiger partial charge in [-0.05, 0) is 31.2 Å². The van der Waals surface area contributed by atoms with Gasteiger partial charge in [-0.25, -0.2) is 4.98 Å². The van der Waals surface area contributed by atoms with Crippen molar-refractivity contribution in [2.45, 2.75) is 18.2 Å². The zero-order valence-corrected chi connectivity index (χ0v) is 16.1. The smallest absolute Gasteiger partial charge is 0.221 e. The fourth-order valence-electron chi connectivity index (χ4n) is 2.33. The van der Waals surface area contributed by atoms with Gasteiger partial charge in [0.1, 0.15) is 0 Å². The van der Waals surface area contributed by atoms with E-state index < -0.39 is 0 Å². The lowest BCUT2D eigenvalue weighted by atomic mass is 10.1. The Bertz CT molecular complexity index is 916. The maximum atomic E-state index is 12.3. The van der Waals surface area contributed by atoms with Gasteiger partial charge in [0.05, 0.1) is 11.4 Å². The van der Waals surface area contributed by atoms with Gasteiger partial charge in [0.15, 0.2) is 10.1 Å². The summed E-state index contributed by atoms with van der Waals surface area (Å²) in [5, 5.41) is 4.70. The van der Waals surface area contributed by atoms with Crippen LogP contribution >= 0.6 is 23.1 Å². The number of nitrogens with zero attached hydrogens (tertiary/aromatic N) is 1. The number of hydrogen-bond donors (Lipinski definition) is 1. The summed E-state index contributed by atoms with van der Waals surface area (Å²) in [5.74, 6) is 0.240. The molecule has 1 aromatic heterocycles. The number of hydrogen-bond acceptors (Lipinski definition) is 5. The van der Waals surface area contributed by atoms with E-state index in [1.165, 1.54) is 24.2 Å². The molecule has 1 amide bonds. The lowest BCUT2D eigenvalue weighted by Crippen LogP contribution is -2.06. The molecule has 0 spiro atoms. The van der Waals surface area contributed by atoms with Gasteiger partial charge in [-0.2, -0.15) is 0 Å². The molecule has 0 radical (unpaired) electrons. The quantitative estimate of drug-likeness (QED) is 0.479. The number of carbonyl (C=O) groups excluding carboxylic acids is 2. The number of rotatable bonds is 6. The molecule has 0 atom stereocenters. The Morgan fingerprint density at radius 2 is 1.77 bits per heavy atom. The number of thiazole rings is 1. The maximum Gasteiger partial charge on any atom is 0.221 e. The van der Waals surface area contributed by atoms with E-state index in [4.69, 9.17) is 0 Å². The average molecular weight is 383 g/mol.